The van der Waals surface area contributed by atoms with Crippen molar-refractivity contribution in [3.05, 3.63) is 82.9 Å². The Hall–Kier alpha value is -0.617. The molecule has 3 heteroatoms. The van der Waals surface area contributed by atoms with E-state index in [9.17, 15) is 0 Å². The standard InChI is InChI=1S/C12H13.C11H11.C2H5.2ClH.Zr/c1-2-5-10-8-9-11-6-3-4-7-12(10)11;1-2-9-7-8-10-5-3-4-6-11(9)10;1-2;;;/h3-4,6-10H,1-2,5H2;3-9H,1-2H2;1H2,2H3;2*1H;/q;;;;;+2/p-2. The minimum atomic E-state index is -3.66. The zero-order chi connectivity index (χ0) is 19.6. The summed E-state index contributed by atoms with van der Waals surface area (Å²) in [6.07, 6.45) is 12.6. The Labute approximate surface area is 177 Å². The second-order valence-electron chi connectivity index (χ2n) is 8.60. The van der Waals surface area contributed by atoms with Gasteiger partial charge in [0.1, 0.15) is 0 Å². The maximum atomic E-state index is 7.30. The second-order valence-corrected chi connectivity index (χ2v) is 33.6. The van der Waals surface area contributed by atoms with E-state index >= 15 is 0 Å². The maximum absolute atomic E-state index is 7.30. The van der Waals surface area contributed by atoms with Gasteiger partial charge in [-0.2, -0.15) is 0 Å². The second kappa shape index (κ2) is 8.25. The molecular weight excluding hydrogens is 462 g/mol. The van der Waals surface area contributed by atoms with E-state index in [1.807, 2.05) is 0 Å². The molecule has 0 saturated carbocycles. The third kappa shape index (κ3) is 4.43. The summed E-state index contributed by atoms with van der Waals surface area (Å²) in [6, 6.07) is 17.4. The van der Waals surface area contributed by atoms with Gasteiger partial charge in [-0.15, -0.1) is 0 Å². The van der Waals surface area contributed by atoms with E-state index in [1.165, 1.54) is 22.3 Å². The van der Waals surface area contributed by atoms with Gasteiger partial charge >= 0.3 is 179 Å². The van der Waals surface area contributed by atoms with Crippen LogP contribution >= 0.6 is 17.0 Å². The molecule has 2 atom stereocenters. The zero-order valence-corrected chi connectivity index (χ0v) is 20.6. The number of hydrogen-bond donors (Lipinski definition) is 0. The van der Waals surface area contributed by atoms with Gasteiger partial charge in [0.2, 0.25) is 0 Å². The van der Waals surface area contributed by atoms with Gasteiger partial charge in [0.25, 0.3) is 0 Å². The SMILES string of the molecule is C[CH2][Zr]([Cl])([Cl])([CH2]CCC1C=Cc2ccccc21)[CH2]CC1C=Cc2ccccc21. The number of benzene rings is 2. The summed E-state index contributed by atoms with van der Waals surface area (Å²) in [5.74, 6) is 1.02. The number of rotatable bonds is 8. The quantitative estimate of drug-likeness (QED) is 0.345. The van der Waals surface area contributed by atoms with Crippen LogP contribution in [0.1, 0.15) is 60.3 Å². The monoisotopic (exact) mass is 489 g/mol. The van der Waals surface area contributed by atoms with Crippen LogP contribution < -0.4 is 0 Å². The molecule has 2 unspecified atom stereocenters. The van der Waals surface area contributed by atoms with E-state index in [2.05, 4.69) is 79.8 Å². The van der Waals surface area contributed by atoms with E-state index < -0.39 is 16.4 Å². The molecule has 4 rings (SSSR count). The first kappa shape index (κ1) is 20.6. The third-order valence-corrected chi connectivity index (χ3v) is 25.1. The van der Waals surface area contributed by atoms with Crippen molar-refractivity contribution < 1.29 is 16.4 Å². The predicted octanol–water partition coefficient (Wildman–Crippen LogP) is 9.05. The van der Waals surface area contributed by atoms with Gasteiger partial charge < -0.3 is 0 Å². The van der Waals surface area contributed by atoms with Gasteiger partial charge in [-0.05, 0) is 0 Å². The van der Waals surface area contributed by atoms with Crippen LogP contribution in [-0.2, 0) is 16.4 Å². The molecule has 2 aliphatic carbocycles. The number of fused-ring (bicyclic) bond motifs is 2. The molecule has 0 amide bonds. The number of hydrogen-bond acceptors (Lipinski definition) is 0. The summed E-state index contributed by atoms with van der Waals surface area (Å²) in [7, 11) is 14.6. The Morgan fingerprint density at radius 2 is 1.29 bits per heavy atom. The molecule has 28 heavy (non-hydrogen) atoms. The van der Waals surface area contributed by atoms with Crippen LogP contribution in [-0.4, -0.2) is 0 Å². The number of halogens is 2. The number of allylic oxidation sites excluding steroid dienone is 2. The van der Waals surface area contributed by atoms with Gasteiger partial charge in [0.05, 0.1) is 0 Å². The summed E-state index contributed by atoms with van der Waals surface area (Å²) >= 11 is -3.66. The van der Waals surface area contributed by atoms with Gasteiger partial charge in [0, 0.05) is 0 Å². The summed E-state index contributed by atoms with van der Waals surface area (Å²) in [6.45, 7) is 2.22. The van der Waals surface area contributed by atoms with Crippen LogP contribution in [0, 0.1) is 0 Å². The molecule has 2 aromatic carbocycles. The van der Waals surface area contributed by atoms with Crippen molar-refractivity contribution in [3.63, 3.8) is 0 Å². The summed E-state index contributed by atoms with van der Waals surface area (Å²) in [4.78, 5) is 0. The summed E-state index contributed by atoms with van der Waals surface area (Å²) in [5.41, 5.74) is 5.63. The van der Waals surface area contributed by atoms with Crippen LogP contribution in [0.5, 0.6) is 0 Å². The molecule has 0 spiro atoms. The fraction of sp³-hybridized carbons (Fsp3) is 0.360. The summed E-state index contributed by atoms with van der Waals surface area (Å²) in [5, 5.41) is 0. The first-order valence-electron chi connectivity index (χ1n) is 10.6. The van der Waals surface area contributed by atoms with Gasteiger partial charge in [-0.3, -0.25) is 0 Å². The summed E-state index contributed by atoms with van der Waals surface area (Å²) < 4.78 is 3.06. The fourth-order valence-corrected chi connectivity index (χ4v) is 14.7. The predicted molar refractivity (Wildman–Crippen MR) is 122 cm³/mol. The van der Waals surface area contributed by atoms with Crippen molar-refractivity contribution in [2.45, 2.75) is 50.4 Å². The third-order valence-electron chi connectivity index (χ3n) is 6.81. The van der Waals surface area contributed by atoms with Crippen LogP contribution in [0.3, 0.4) is 0 Å². The Morgan fingerprint density at radius 3 is 1.86 bits per heavy atom. The molecule has 0 heterocycles. The molecule has 147 valence electrons. The molecule has 0 aromatic heterocycles. The molecule has 2 aliphatic rings. The van der Waals surface area contributed by atoms with Crippen molar-refractivity contribution in [2.75, 3.05) is 0 Å². The molecule has 0 saturated heterocycles. The molecule has 2 aromatic rings. The van der Waals surface area contributed by atoms with E-state index in [1.54, 1.807) is 0 Å². The minimum absolute atomic E-state index is 0.484. The van der Waals surface area contributed by atoms with Gasteiger partial charge in [0.15, 0.2) is 0 Å². The van der Waals surface area contributed by atoms with Crippen LogP contribution in [0.25, 0.3) is 12.2 Å². The van der Waals surface area contributed by atoms with E-state index in [0.29, 0.717) is 11.8 Å². The van der Waals surface area contributed by atoms with Crippen LogP contribution in [0.2, 0.25) is 12.4 Å². The molecular formula is C25H29Cl2Zr. The molecule has 0 aliphatic heterocycles. The van der Waals surface area contributed by atoms with E-state index in [-0.39, 0.29) is 0 Å². The van der Waals surface area contributed by atoms with Crippen molar-refractivity contribution in [1.82, 2.24) is 0 Å². The topological polar surface area (TPSA) is 0 Å². The normalized spacial score (nSPS) is 21.3. The molecule has 0 fully saturated rings. The average molecular weight is 492 g/mol. The van der Waals surface area contributed by atoms with Gasteiger partial charge in [-0.1, -0.05) is 0 Å². The molecule has 0 radical (unpaired) electrons. The van der Waals surface area contributed by atoms with Crippen molar-refractivity contribution in [1.29, 1.82) is 0 Å². The molecule has 0 nitrogen and oxygen atoms in total. The van der Waals surface area contributed by atoms with Crippen LogP contribution in [0.15, 0.2) is 60.7 Å². The van der Waals surface area contributed by atoms with Crippen molar-refractivity contribution in [2.24, 2.45) is 0 Å². The first-order valence-corrected chi connectivity index (χ1v) is 22.1. The Balaban J connectivity index is 1.35. The molecule has 0 N–H and O–H groups in total. The van der Waals surface area contributed by atoms with Crippen molar-refractivity contribution in [3.8, 4) is 0 Å². The van der Waals surface area contributed by atoms with Crippen molar-refractivity contribution >= 4 is 29.2 Å². The Kier molecular flexibility index (Phi) is 6.09. The first-order chi connectivity index (χ1) is 13.5. The zero-order valence-electron chi connectivity index (χ0n) is 16.6. The van der Waals surface area contributed by atoms with Crippen LogP contribution in [0.4, 0.5) is 0 Å². The van der Waals surface area contributed by atoms with E-state index in [0.717, 1.165) is 31.6 Å². The Bertz CT molecular complexity index is 912. The van der Waals surface area contributed by atoms with Gasteiger partial charge in [-0.25, -0.2) is 0 Å². The van der Waals surface area contributed by atoms with E-state index in [4.69, 9.17) is 17.0 Å². The fourth-order valence-electron chi connectivity index (χ4n) is 4.80. The molecule has 0 bridgehead atoms. The Morgan fingerprint density at radius 1 is 0.750 bits per heavy atom. The average Bonchev–Trinajstić information content (AvgIpc) is 3.31.